The van der Waals surface area contributed by atoms with Gasteiger partial charge in [-0.25, -0.2) is 0 Å². The van der Waals surface area contributed by atoms with Crippen molar-refractivity contribution in [3.05, 3.63) is 30.3 Å². The molecule has 2 heteroatoms. The predicted octanol–water partition coefficient (Wildman–Crippen LogP) is 2.00. The largest absolute Gasteiger partial charge is 0.463 e. The molecule has 1 aliphatic heterocycles. The van der Waals surface area contributed by atoms with E-state index in [0.29, 0.717) is 0 Å². The van der Waals surface area contributed by atoms with Crippen molar-refractivity contribution >= 4 is 0 Å². The van der Waals surface area contributed by atoms with E-state index >= 15 is 0 Å². The van der Waals surface area contributed by atoms with Gasteiger partial charge in [0.1, 0.15) is 5.75 Å². The lowest BCUT2D eigenvalue weighted by Gasteiger charge is -2.38. The quantitative estimate of drug-likeness (QED) is 0.664. The molecule has 1 saturated heterocycles. The fourth-order valence-corrected chi connectivity index (χ4v) is 1.16. The van der Waals surface area contributed by atoms with Crippen molar-refractivity contribution in [1.82, 2.24) is 0 Å². The number of benzene rings is 1. The summed E-state index contributed by atoms with van der Waals surface area (Å²) in [6.07, 6.45) is 0.964. The summed E-state index contributed by atoms with van der Waals surface area (Å²) in [7, 11) is 0. The monoisotopic (exact) mass is 163 g/mol. The van der Waals surface area contributed by atoms with Crippen molar-refractivity contribution in [2.24, 2.45) is 0 Å². The normalized spacial score (nSPS) is 27.8. The molecular weight excluding hydrogens is 152 g/mol. The molecule has 1 aromatic rings. The van der Waals surface area contributed by atoms with E-state index < -0.39 is 0 Å². The third-order valence-electron chi connectivity index (χ3n) is 1.98. The van der Waals surface area contributed by atoms with Crippen LogP contribution < -0.4 is 4.74 Å². The number of hydrogen-bond acceptors (Lipinski definition) is 2. The summed E-state index contributed by atoms with van der Waals surface area (Å²) in [5.74, 6) is 0.456. The molecule has 2 nitrogen and oxygen atoms in total. The molecule has 0 aliphatic carbocycles. The van der Waals surface area contributed by atoms with Crippen LogP contribution in [0.15, 0.2) is 24.3 Å². The topological polar surface area (TPSA) is 18.5 Å². The highest BCUT2D eigenvalue weighted by molar-refractivity contribution is 5.21. The van der Waals surface area contributed by atoms with E-state index in [1.54, 1.807) is 0 Å². The lowest BCUT2D eigenvalue weighted by atomic mass is 10.1. The maximum atomic E-state index is 5.60. The number of rotatable bonds is 2. The fraction of sp³-hybridized carbons (Fsp3) is 0.400. The summed E-state index contributed by atoms with van der Waals surface area (Å²) in [5.41, 5.74) is 0. The predicted molar refractivity (Wildman–Crippen MR) is 44.9 cm³/mol. The van der Waals surface area contributed by atoms with Gasteiger partial charge in [-0.3, -0.25) is 0 Å². The van der Waals surface area contributed by atoms with Crippen LogP contribution in [0.1, 0.15) is 13.3 Å². The standard InChI is InChI=1S/C10H11O2/c1-10(7-8-11-10)12-9-5-3-2-4-6-9/h3-6H,7-8H2,1H3. The first kappa shape index (κ1) is 7.62. The van der Waals surface area contributed by atoms with Crippen LogP contribution >= 0.6 is 0 Å². The van der Waals surface area contributed by atoms with Crippen LogP contribution in [0.25, 0.3) is 0 Å². The van der Waals surface area contributed by atoms with Crippen LogP contribution in [-0.4, -0.2) is 12.4 Å². The summed E-state index contributed by atoms with van der Waals surface area (Å²) in [5, 5.41) is 0. The Morgan fingerprint density at radius 1 is 1.50 bits per heavy atom. The van der Waals surface area contributed by atoms with Crippen LogP contribution in [0, 0.1) is 6.07 Å². The van der Waals surface area contributed by atoms with Gasteiger partial charge in [0.25, 0.3) is 0 Å². The summed E-state index contributed by atoms with van der Waals surface area (Å²) < 4.78 is 10.9. The van der Waals surface area contributed by atoms with E-state index in [0.717, 1.165) is 18.8 Å². The van der Waals surface area contributed by atoms with Crippen LogP contribution in [0.4, 0.5) is 0 Å². The zero-order valence-electron chi connectivity index (χ0n) is 7.04. The number of hydrogen-bond donors (Lipinski definition) is 0. The van der Waals surface area contributed by atoms with Crippen molar-refractivity contribution in [3.8, 4) is 5.75 Å². The van der Waals surface area contributed by atoms with Gasteiger partial charge >= 0.3 is 0 Å². The first-order chi connectivity index (χ1) is 5.79. The van der Waals surface area contributed by atoms with Crippen molar-refractivity contribution in [2.75, 3.05) is 6.61 Å². The second-order valence-corrected chi connectivity index (χ2v) is 3.07. The molecule has 0 spiro atoms. The second-order valence-electron chi connectivity index (χ2n) is 3.07. The molecule has 0 amide bonds. The molecule has 63 valence electrons. The first-order valence-electron chi connectivity index (χ1n) is 4.08. The van der Waals surface area contributed by atoms with E-state index in [2.05, 4.69) is 6.07 Å². The SMILES string of the molecule is CC1(Oc2cc[c]cc2)CCO1. The van der Waals surface area contributed by atoms with E-state index in [1.165, 1.54) is 0 Å². The zero-order chi connectivity index (χ0) is 8.44. The van der Waals surface area contributed by atoms with Crippen molar-refractivity contribution in [2.45, 2.75) is 19.1 Å². The first-order valence-corrected chi connectivity index (χ1v) is 4.08. The Morgan fingerprint density at radius 3 is 2.67 bits per heavy atom. The molecule has 1 radical (unpaired) electrons. The molecule has 1 heterocycles. The van der Waals surface area contributed by atoms with Gasteiger partial charge in [-0.05, 0) is 18.2 Å². The average Bonchev–Trinajstić information content (AvgIpc) is 2.04. The van der Waals surface area contributed by atoms with Crippen LogP contribution in [0.3, 0.4) is 0 Å². The molecule has 12 heavy (non-hydrogen) atoms. The van der Waals surface area contributed by atoms with Gasteiger partial charge < -0.3 is 9.47 Å². The lowest BCUT2D eigenvalue weighted by Crippen LogP contribution is -2.45. The summed E-state index contributed by atoms with van der Waals surface area (Å²) >= 11 is 0. The van der Waals surface area contributed by atoms with Gasteiger partial charge in [-0.2, -0.15) is 0 Å². The van der Waals surface area contributed by atoms with E-state index in [1.807, 2.05) is 31.2 Å². The maximum Gasteiger partial charge on any atom is 0.209 e. The fourth-order valence-electron chi connectivity index (χ4n) is 1.16. The highest BCUT2D eigenvalue weighted by atomic mass is 16.7. The van der Waals surface area contributed by atoms with Crippen LogP contribution in [-0.2, 0) is 4.74 Å². The average molecular weight is 163 g/mol. The van der Waals surface area contributed by atoms with Crippen molar-refractivity contribution in [1.29, 1.82) is 0 Å². The van der Waals surface area contributed by atoms with Crippen LogP contribution in [0.5, 0.6) is 5.75 Å². The Kier molecular flexibility index (Phi) is 1.77. The van der Waals surface area contributed by atoms with Gasteiger partial charge in [0, 0.05) is 13.3 Å². The zero-order valence-corrected chi connectivity index (χ0v) is 7.04. The molecule has 0 bridgehead atoms. The molecule has 2 rings (SSSR count). The Balaban J connectivity index is 2.04. The van der Waals surface area contributed by atoms with E-state index in [9.17, 15) is 0 Å². The summed E-state index contributed by atoms with van der Waals surface area (Å²) in [6, 6.07) is 10.4. The summed E-state index contributed by atoms with van der Waals surface area (Å²) in [6.45, 7) is 2.75. The Morgan fingerprint density at radius 2 is 2.17 bits per heavy atom. The minimum absolute atomic E-state index is 0.388. The van der Waals surface area contributed by atoms with Gasteiger partial charge in [-0.15, -0.1) is 0 Å². The van der Waals surface area contributed by atoms with E-state index in [4.69, 9.17) is 9.47 Å². The van der Waals surface area contributed by atoms with Crippen molar-refractivity contribution < 1.29 is 9.47 Å². The van der Waals surface area contributed by atoms with Crippen molar-refractivity contribution in [3.63, 3.8) is 0 Å². The molecule has 1 aliphatic rings. The maximum absolute atomic E-state index is 5.60. The molecule has 0 aromatic heterocycles. The van der Waals surface area contributed by atoms with Gasteiger partial charge in [0.05, 0.1) is 6.61 Å². The summed E-state index contributed by atoms with van der Waals surface area (Å²) in [4.78, 5) is 0. The minimum atomic E-state index is -0.388. The smallest absolute Gasteiger partial charge is 0.209 e. The molecule has 0 N–H and O–H groups in total. The third-order valence-corrected chi connectivity index (χ3v) is 1.98. The molecule has 1 aromatic carbocycles. The highest BCUT2D eigenvalue weighted by Gasteiger charge is 2.35. The highest BCUT2D eigenvalue weighted by Crippen LogP contribution is 2.28. The number of ether oxygens (including phenoxy) is 2. The molecule has 1 fully saturated rings. The van der Waals surface area contributed by atoms with Gasteiger partial charge in [-0.1, -0.05) is 12.1 Å². The lowest BCUT2D eigenvalue weighted by molar-refractivity contribution is -0.251. The molecular formula is C10H11O2. The third kappa shape index (κ3) is 1.43. The Bertz CT molecular complexity index is 252. The molecule has 1 atom stereocenters. The molecule has 1 unspecified atom stereocenters. The Hall–Kier alpha value is -1.02. The Labute approximate surface area is 72.1 Å². The van der Waals surface area contributed by atoms with Crippen LogP contribution in [0.2, 0.25) is 0 Å². The van der Waals surface area contributed by atoms with Gasteiger partial charge in [0.15, 0.2) is 0 Å². The van der Waals surface area contributed by atoms with E-state index in [-0.39, 0.29) is 5.79 Å². The second kappa shape index (κ2) is 2.79. The molecule has 0 saturated carbocycles. The minimum Gasteiger partial charge on any atom is -0.463 e. The van der Waals surface area contributed by atoms with Gasteiger partial charge in [0.2, 0.25) is 5.79 Å².